The van der Waals surface area contributed by atoms with Crippen LogP contribution < -0.4 is 0 Å². The molecule has 0 aromatic heterocycles. The molecular weight excluding hydrogens is 122 g/mol. The summed E-state index contributed by atoms with van der Waals surface area (Å²) in [7, 11) is 0. The lowest BCUT2D eigenvalue weighted by molar-refractivity contribution is 0.437. The average Bonchev–Trinajstić information content (AvgIpc) is 1.77. The minimum atomic E-state index is -0.262. The second kappa shape index (κ2) is 2.05. The molecule has 0 fully saturated rings. The van der Waals surface area contributed by atoms with Crippen LogP contribution in [-0.4, -0.2) is 10.8 Å². The monoisotopic (exact) mass is 126 g/mol. The molecule has 0 bridgehead atoms. The Morgan fingerprint density at radius 3 is 2.88 bits per heavy atom. The lowest BCUT2D eigenvalue weighted by Crippen LogP contribution is -2.09. The first-order valence-electron chi connectivity index (χ1n) is 2.24. The van der Waals surface area contributed by atoms with Crippen molar-refractivity contribution in [2.75, 3.05) is 0 Å². The van der Waals surface area contributed by atoms with E-state index in [1.807, 2.05) is 0 Å². The summed E-state index contributed by atoms with van der Waals surface area (Å²) in [5.74, 6) is -0.262. The predicted octanol–water partition coefficient (Wildman–Crippen LogP) is 1.10. The SMILES string of the molecule is [O]C1=NC=CCC1=S. The largest absolute Gasteiger partial charge is 0.284 e. The first-order chi connectivity index (χ1) is 3.80. The minimum Gasteiger partial charge on any atom is -0.266 e. The van der Waals surface area contributed by atoms with Crippen LogP contribution >= 0.6 is 12.2 Å². The number of hydrogen-bond acceptors (Lipinski definition) is 2. The topological polar surface area (TPSA) is 32.3 Å². The van der Waals surface area contributed by atoms with Crippen molar-refractivity contribution in [3.8, 4) is 0 Å². The smallest absolute Gasteiger partial charge is 0.266 e. The van der Waals surface area contributed by atoms with E-state index in [2.05, 4.69) is 17.2 Å². The van der Waals surface area contributed by atoms with Gasteiger partial charge in [-0.15, -0.1) is 0 Å². The molecular formula is C5H4NOS. The summed E-state index contributed by atoms with van der Waals surface area (Å²) in [4.78, 5) is 3.86. The number of rotatable bonds is 0. The van der Waals surface area contributed by atoms with Gasteiger partial charge in [-0.2, -0.15) is 0 Å². The van der Waals surface area contributed by atoms with Gasteiger partial charge >= 0.3 is 0 Å². The third-order valence-corrected chi connectivity index (χ3v) is 1.18. The normalized spacial score (nSPS) is 18.5. The lowest BCUT2D eigenvalue weighted by Gasteiger charge is -1.95. The molecule has 0 aromatic rings. The summed E-state index contributed by atoms with van der Waals surface area (Å²) < 4.78 is 0. The van der Waals surface area contributed by atoms with Gasteiger partial charge in [0.15, 0.2) is 0 Å². The van der Waals surface area contributed by atoms with Crippen LogP contribution in [0.4, 0.5) is 0 Å². The fourth-order valence-electron chi connectivity index (χ4n) is 0.439. The van der Waals surface area contributed by atoms with Crippen molar-refractivity contribution < 1.29 is 5.11 Å². The van der Waals surface area contributed by atoms with Crippen LogP contribution in [-0.2, 0) is 5.11 Å². The Balaban J connectivity index is 2.80. The van der Waals surface area contributed by atoms with E-state index in [0.717, 1.165) is 0 Å². The molecule has 1 aliphatic rings. The fourth-order valence-corrected chi connectivity index (χ4v) is 0.588. The molecule has 0 N–H and O–H groups in total. The number of allylic oxidation sites excluding steroid dienone is 1. The van der Waals surface area contributed by atoms with E-state index in [-0.39, 0.29) is 5.90 Å². The molecule has 41 valence electrons. The van der Waals surface area contributed by atoms with Gasteiger partial charge in [0.25, 0.3) is 5.90 Å². The maximum Gasteiger partial charge on any atom is 0.284 e. The molecule has 8 heavy (non-hydrogen) atoms. The highest BCUT2D eigenvalue weighted by molar-refractivity contribution is 7.82. The Morgan fingerprint density at radius 1 is 1.75 bits per heavy atom. The summed E-state index contributed by atoms with van der Waals surface area (Å²) in [6.45, 7) is 0. The molecule has 0 unspecified atom stereocenters. The van der Waals surface area contributed by atoms with Crippen LogP contribution in [0.25, 0.3) is 0 Å². The zero-order chi connectivity index (χ0) is 5.98. The Bertz CT molecular complexity index is 171. The Morgan fingerprint density at radius 2 is 2.50 bits per heavy atom. The third kappa shape index (κ3) is 0.924. The standard InChI is InChI=1S/C5H4NOS/c7-5-4(8)2-1-3-6-5/h1,3H,2H2. The molecule has 2 nitrogen and oxygen atoms in total. The molecule has 0 saturated heterocycles. The number of nitrogens with zero attached hydrogens (tertiary/aromatic N) is 1. The zero-order valence-electron chi connectivity index (χ0n) is 4.13. The van der Waals surface area contributed by atoms with Crippen LogP contribution in [0.1, 0.15) is 6.42 Å². The first-order valence-corrected chi connectivity index (χ1v) is 2.64. The molecule has 3 heteroatoms. The maximum absolute atomic E-state index is 10.4. The van der Waals surface area contributed by atoms with E-state index in [1.165, 1.54) is 6.20 Å². The zero-order valence-corrected chi connectivity index (χ0v) is 4.94. The highest BCUT2D eigenvalue weighted by Gasteiger charge is 2.06. The van der Waals surface area contributed by atoms with Crippen LogP contribution in [0.15, 0.2) is 17.3 Å². The van der Waals surface area contributed by atoms with Gasteiger partial charge in [0.1, 0.15) is 0 Å². The first kappa shape index (κ1) is 5.44. The fraction of sp³-hybridized carbons (Fsp3) is 0.200. The quantitative estimate of drug-likeness (QED) is 0.447. The van der Waals surface area contributed by atoms with E-state index >= 15 is 0 Å². The molecule has 1 radical (unpaired) electrons. The summed E-state index contributed by atoms with van der Waals surface area (Å²) in [5.41, 5.74) is 0. The Hall–Kier alpha value is -0.700. The summed E-state index contributed by atoms with van der Waals surface area (Å²) in [6.07, 6.45) is 3.83. The van der Waals surface area contributed by atoms with E-state index in [9.17, 15) is 5.11 Å². The summed E-state index contributed by atoms with van der Waals surface area (Å²) >= 11 is 4.63. The van der Waals surface area contributed by atoms with E-state index in [1.54, 1.807) is 6.08 Å². The van der Waals surface area contributed by atoms with Crippen LogP contribution in [0, 0.1) is 0 Å². The molecule has 1 aliphatic heterocycles. The van der Waals surface area contributed by atoms with Crippen molar-refractivity contribution in [2.45, 2.75) is 6.42 Å². The summed E-state index contributed by atoms with van der Waals surface area (Å²) in [5, 5.41) is 10.4. The number of aliphatic imine (C=N–C) groups is 1. The minimum absolute atomic E-state index is 0.262. The Kier molecular flexibility index (Phi) is 1.39. The van der Waals surface area contributed by atoms with Crippen LogP contribution in [0.2, 0.25) is 0 Å². The van der Waals surface area contributed by atoms with Gasteiger partial charge in [-0.1, -0.05) is 18.3 Å². The second-order valence-electron chi connectivity index (χ2n) is 1.45. The highest BCUT2D eigenvalue weighted by atomic mass is 32.1. The summed E-state index contributed by atoms with van der Waals surface area (Å²) in [6, 6.07) is 0. The van der Waals surface area contributed by atoms with Crippen molar-refractivity contribution in [1.29, 1.82) is 0 Å². The van der Waals surface area contributed by atoms with Gasteiger partial charge in [0, 0.05) is 12.6 Å². The van der Waals surface area contributed by atoms with Gasteiger partial charge in [-0.25, -0.2) is 4.99 Å². The molecule has 1 rings (SSSR count). The van der Waals surface area contributed by atoms with E-state index in [4.69, 9.17) is 0 Å². The lowest BCUT2D eigenvalue weighted by atomic mass is 10.3. The van der Waals surface area contributed by atoms with Gasteiger partial charge in [-0.3, -0.25) is 5.11 Å². The molecule has 0 saturated carbocycles. The molecule has 0 atom stereocenters. The van der Waals surface area contributed by atoms with Crippen molar-refractivity contribution in [3.05, 3.63) is 12.3 Å². The van der Waals surface area contributed by atoms with Gasteiger partial charge in [0.2, 0.25) is 0 Å². The van der Waals surface area contributed by atoms with Gasteiger partial charge in [-0.05, 0) is 0 Å². The van der Waals surface area contributed by atoms with Crippen LogP contribution in [0.5, 0.6) is 0 Å². The Labute approximate surface area is 52.6 Å². The molecule has 0 aromatic carbocycles. The van der Waals surface area contributed by atoms with Crippen molar-refractivity contribution in [3.63, 3.8) is 0 Å². The molecule has 1 heterocycles. The van der Waals surface area contributed by atoms with Gasteiger partial charge < -0.3 is 0 Å². The highest BCUT2D eigenvalue weighted by Crippen LogP contribution is 1.98. The molecule has 0 spiro atoms. The molecule has 0 amide bonds. The van der Waals surface area contributed by atoms with Crippen molar-refractivity contribution in [2.24, 2.45) is 4.99 Å². The maximum atomic E-state index is 10.4. The van der Waals surface area contributed by atoms with E-state index in [0.29, 0.717) is 11.3 Å². The third-order valence-electron chi connectivity index (χ3n) is 0.839. The van der Waals surface area contributed by atoms with Crippen LogP contribution in [0.3, 0.4) is 0 Å². The molecule has 0 aliphatic carbocycles. The number of hydrogen-bond donors (Lipinski definition) is 0. The van der Waals surface area contributed by atoms with Crippen molar-refractivity contribution >= 4 is 23.0 Å². The average molecular weight is 126 g/mol. The van der Waals surface area contributed by atoms with Gasteiger partial charge in [0.05, 0.1) is 4.86 Å². The van der Waals surface area contributed by atoms with Crippen molar-refractivity contribution in [1.82, 2.24) is 0 Å². The van der Waals surface area contributed by atoms with E-state index < -0.39 is 0 Å². The second-order valence-corrected chi connectivity index (χ2v) is 1.94. The predicted molar refractivity (Wildman–Crippen MR) is 34.5 cm³/mol. The number of thiocarbonyl (C=S) groups is 1.